The van der Waals surface area contributed by atoms with Gasteiger partial charge in [0.15, 0.2) is 11.6 Å². The molecule has 0 fully saturated rings. The first-order valence-corrected chi connectivity index (χ1v) is 15.7. The number of nitrogens with zero attached hydrogens (tertiary/aromatic N) is 1. The molecule has 248 valence electrons. The minimum atomic E-state index is -0.983. The zero-order valence-electron chi connectivity index (χ0n) is 26.2. The molecule has 0 bridgehead atoms. The van der Waals surface area contributed by atoms with Crippen molar-refractivity contribution in [3.8, 4) is 5.75 Å². The number of carbonyl (C=O) groups excluding carboxylic acids is 5. The van der Waals surface area contributed by atoms with Gasteiger partial charge in [-0.15, -0.1) is 0 Å². The van der Waals surface area contributed by atoms with Crippen LogP contribution in [0.5, 0.6) is 5.75 Å². The number of nitrogens with one attached hydrogen (secondary N) is 2. The van der Waals surface area contributed by atoms with Gasteiger partial charge in [0.05, 0.1) is 15.4 Å². The molecule has 0 saturated carbocycles. The van der Waals surface area contributed by atoms with E-state index in [0.29, 0.717) is 28.6 Å². The van der Waals surface area contributed by atoms with Crippen molar-refractivity contribution in [2.75, 3.05) is 5.32 Å². The van der Waals surface area contributed by atoms with Crippen molar-refractivity contribution in [3.05, 3.63) is 75.3 Å². The second-order valence-corrected chi connectivity index (χ2v) is 12.1. The Labute approximate surface area is 276 Å². The summed E-state index contributed by atoms with van der Waals surface area (Å²) < 4.78 is 10.4. The van der Waals surface area contributed by atoms with E-state index in [1.807, 2.05) is 13.8 Å². The lowest BCUT2D eigenvalue weighted by Crippen LogP contribution is -2.45. The molecule has 12 nitrogen and oxygen atoms in total. The number of allylic oxidation sites excluding steroid dienone is 1. The van der Waals surface area contributed by atoms with Crippen LogP contribution >= 0.6 is 15.9 Å². The predicted octanol–water partition coefficient (Wildman–Crippen LogP) is 6.80. The highest BCUT2D eigenvalue weighted by Crippen LogP contribution is 2.19. The molecule has 2 atom stereocenters. The first-order valence-electron chi connectivity index (χ1n) is 14.9. The Kier molecular flexibility index (Phi) is 15.8. The molecule has 0 radical (unpaired) electrons. The molecule has 0 saturated heterocycles. The number of Topliss-reactive ketones (excluding diaryl/α,β-unsaturated/α-hetero) is 2. The van der Waals surface area contributed by atoms with Crippen LogP contribution in [-0.2, 0) is 30.5 Å². The van der Waals surface area contributed by atoms with Crippen LogP contribution in [0.3, 0.4) is 0 Å². The average Bonchev–Trinajstić information content (AvgIpc) is 3.00. The first-order chi connectivity index (χ1) is 21.8. The molecule has 0 aliphatic heterocycles. The molecular weight excluding hydrogens is 662 g/mol. The maximum Gasteiger partial charge on any atom is 0.514 e. The Morgan fingerprint density at radius 3 is 2.09 bits per heavy atom. The van der Waals surface area contributed by atoms with E-state index in [1.54, 1.807) is 31.2 Å². The highest BCUT2D eigenvalue weighted by molar-refractivity contribution is 9.12. The van der Waals surface area contributed by atoms with Crippen LogP contribution in [0.25, 0.3) is 0 Å². The summed E-state index contributed by atoms with van der Waals surface area (Å²) in [5, 5.41) is 16.3. The minimum Gasteiger partial charge on any atom is -0.429 e. The van der Waals surface area contributed by atoms with Crippen molar-refractivity contribution in [2.24, 2.45) is 11.8 Å². The third-order valence-corrected chi connectivity index (χ3v) is 7.41. The number of ether oxygens (including phenoxy) is 2. The molecule has 0 aliphatic carbocycles. The van der Waals surface area contributed by atoms with Crippen LogP contribution in [0, 0.1) is 22.0 Å². The van der Waals surface area contributed by atoms with Gasteiger partial charge in [0, 0.05) is 43.0 Å². The molecule has 0 aromatic heterocycles. The molecule has 46 heavy (non-hydrogen) atoms. The summed E-state index contributed by atoms with van der Waals surface area (Å²) in [7, 11) is 0. The van der Waals surface area contributed by atoms with Crippen molar-refractivity contribution in [1.82, 2.24) is 5.32 Å². The second-order valence-electron chi connectivity index (χ2n) is 11.2. The fourth-order valence-electron chi connectivity index (χ4n) is 4.30. The smallest absolute Gasteiger partial charge is 0.429 e. The van der Waals surface area contributed by atoms with E-state index in [0.717, 1.165) is 19.3 Å². The Morgan fingerprint density at radius 1 is 0.913 bits per heavy atom. The van der Waals surface area contributed by atoms with Crippen LogP contribution in [0.15, 0.2) is 59.6 Å². The number of non-ortho nitro benzene ring substituents is 1. The highest BCUT2D eigenvalue weighted by Gasteiger charge is 2.27. The summed E-state index contributed by atoms with van der Waals surface area (Å²) in [6, 6.07) is 10.8. The third kappa shape index (κ3) is 13.7. The van der Waals surface area contributed by atoms with E-state index in [2.05, 4.69) is 33.1 Å². The number of nitro groups is 1. The molecule has 2 N–H and O–H groups in total. The lowest BCUT2D eigenvalue weighted by Gasteiger charge is -2.23. The normalized spacial score (nSPS) is 12.0. The van der Waals surface area contributed by atoms with E-state index in [4.69, 9.17) is 9.47 Å². The molecule has 2 aromatic carbocycles. The zero-order chi connectivity index (χ0) is 34.2. The van der Waals surface area contributed by atoms with Gasteiger partial charge >= 0.3 is 6.16 Å². The molecule has 13 heteroatoms. The van der Waals surface area contributed by atoms with E-state index < -0.39 is 23.0 Å². The number of unbranched alkanes of at least 4 members (excludes halogenated alkanes) is 3. The lowest BCUT2D eigenvalue weighted by atomic mass is 9.92. The van der Waals surface area contributed by atoms with Crippen LogP contribution in [0.1, 0.15) is 71.3 Å². The lowest BCUT2D eigenvalue weighted by molar-refractivity contribution is -0.384. The standard InChI is InChI=1S/C33H40BrN3O9/c1-21(2)31(36-30(40)10-8-6-5-7-9-28(38)23(4)34)29(39)19-22(3)32(41)35-25-13-11-24(12-14-25)20-45-33(42)46-27-17-15-26(16-18-27)37(43)44/h11-18,21-22,31H,4-10,19-20H2,1-3H3,(H,35,41)(H,36,40)/t22-,31+/m1/s1. The molecule has 2 aromatic rings. The number of hydrogen-bond donors (Lipinski definition) is 2. The molecule has 2 rings (SSSR count). The van der Waals surface area contributed by atoms with Crippen LogP contribution in [0.4, 0.5) is 16.2 Å². The monoisotopic (exact) mass is 701 g/mol. The van der Waals surface area contributed by atoms with Crippen molar-refractivity contribution in [1.29, 1.82) is 0 Å². The van der Waals surface area contributed by atoms with Crippen LogP contribution in [-0.4, -0.2) is 40.5 Å². The largest absolute Gasteiger partial charge is 0.514 e. The maximum atomic E-state index is 13.0. The highest BCUT2D eigenvalue weighted by atomic mass is 79.9. The van der Waals surface area contributed by atoms with Crippen molar-refractivity contribution in [2.45, 2.75) is 78.4 Å². The maximum absolute atomic E-state index is 13.0. The molecule has 2 amide bonds. The fourth-order valence-corrected chi connectivity index (χ4v) is 4.50. The van der Waals surface area contributed by atoms with Gasteiger partial charge in [-0.2, -0.15) is 0 Å². The van der Waals surface area contributed by atoms with E-state index in [9.17, 15) is 34.1 Å². The predicted molar refractivity (Wildman–Crippen MR) is 175 cm³/mol. The van der Waals surface area contributed by atoms with Crippen LogP contribution in [0.2, 0.25) is 0 Å². The molecule has 0 unspecified atom stereocenters. The van der Waals surface area contributed by atoms with E-state index >= 15 is 0 Å². The van der Waals surface area contributed by atoms with Gasteiger partial charge in [0.1, 0.15) is 12.4 Å². The average molecular weight is 703 g/mol. The van der Waals surface area contributed by atoms with Gasteiger partial charge in [-0.05, 0) is 64.5 Å². The number of nitro benzene ring substituents is 1. The number of ketones is 2. The number of rotatable bonds is 19. The Balaban J connectivity index is 1.75. The summed E-state index contributed by atoms with van der Waals surface area (Å²) >= 11 is 3.07. The number of carbonyl (C=O) groups is 5. The zero-order valence-corrected chi connectivity index (χ0v) is 27.8. The second kappa shape index (κ2) is 19.2. The van der Waals surface area contributed by atoms with Gasteiger partial charge in [-0.1, -0.05) is 52.3 Å². The summed E-state index contributed by atoms with van der Waals surface area (Å²) in [5.74, 6) is -1.55. The van der Waals surface area contributed by atoms with E-state index in [-0.39, 0.29) is 60.2 Å². The van der Waals surface area contributed by atoms with Crippen LogP contribution < -0.4 is 15.4 Å². The van der Waals surface area contributed by atoms with Gasteiger partial charge in [0.25, 0.3) is 5.69 Å². The molecule has 0 heterocycles. The van der Waals surface area contributed by atoms with Gasteiger partial charge in [-0.25, -0.2) is 4.79 Å². The summed E-state index contributed by atoms with van der Waals surface area (Å²) in [4.78, 5) is 72.0. The Hall–Kier alpha value is -4.39. The Morgan fingerprint density at radius 2 is 1.52 bits per heavy atom. The van der Waals surface area contributed by atoms with Gasteiger partial charge < -0.3 is 20.1 Å². The fraction of sp³-hybridized carbons (Fsp3) is 0.424. The van der Waals surface area contributed by atoms with Crippen molar-refractivity contribution in [3.63, 3.8) is 0 Å². The number of hydrogen-bond acceptors (Lipinski definition) is 9. The van der Waals surface area contributed by atoms with Crippen molar-refractivity contribution < 1.29 is 38.4 Å². The molecule has 0 spiro atoms. The van der Waals surface area contributed by atoms with Crippen molar-refractivity contribution >= 4 is 56.8 Å². The summed E-state index contributed by atoms with van der Waals surface area (Å²) in [6.45, 7) is 8.76. The van der Waals surface area contributed by atoms with Gasteiger partial charge in [-0.3, -0.25) is 29.3 Å². The Bertz CT molecular complexity index is 1390. The first kappa shape index (κ1) is 37.8. The number of anilines is 1. The minimum absolute atomic E-state index is 0.0244. The molecular formula is C33H40BrN3O9. The number of benzene rings is 2. The van der Waals surface area contributed by atoms with E-state index in [1.165, 1.54) is 24.3 Å². The third-order valence-electron chi connectivity index (χ3n) is 6.97. The molecule has 0 aliphatic rings. The summed E-state index contributed by atoms with van der Waals surface area (Å²) in [6.07, 6.45) is 2.62. The summed E-state index contributed by atoms with van der Waals surface area (Å²) in [5.41, 5.74) is 0.964. The number of amides is 2. The van der Waals surface area contributed by atoms with Gasteiger partial charge in [0.2, 0.25) is 11.8 Å². The topological polar surface area (TPSA) is 171 Å². The SMILES string of the molecule is C=C(Br)C(=O)CCCCCCC(=O)N[C@H](C(=O)C[C@@H](C)C(=O)Nc1ccc(COC(=O)Oc2ccc([N+](=O)[O-])cc2)cc1)C(C)C. The number of halogens is 1. The quantitative estimate of drug-likeness (QED) is 0.0399.